The van der Waals surface area contributed by atoms with Crippen molar-refractivity contribution in [1.82, 2.24) is 15.1 Å². The predicted octanol–water partition coefficient (Wildman–Crippen LogP) is 1.45. The second kappa shape index (κ2) is 10.1. The molecule has 0 aromatic heterocycles. The molecule has 3 atom stereocenters. The van der Waals surface area contributed by atoms with E-state index in [1.807, 2.05) is 24.3 Å². The highest BCUT2D eigenvalue weighted by atomic mass is 16.5. The molecule has 3 aliphatic heterocycles. The lowest BCUT2D eigenvalue weighted by molar-refractivity contribution is -0.142. The molecule has 3 saturated heterocycles. The van der Waals surface area contributed by atoms with Crippen molar-refractivity contribution < 1.29 is 23.9 Å². The van der Waals surface area contributed by atoms with E-state index in [0.717, 1.165) is 44.7 Å². The molecule has 1 aliphatic carbocycles. The third kappa shape index (κ3) is 4.53. The Hall–Kier alpha value is -2.49. The van der Waals surface area contributed by atoms with Gasteiger partial charge in [0, 0.05) is 50.6 Å². The van der Waals surface area contributed by atoms with Gasteiger partial charge in [-0.25, -0.2) is 0 Å². The van der Waals surface area contributed by atoms with Crippen molar-refractivity contribution in [2.75, 3.05) is 51.3 Å². The number of carbonyl (C=O) groups is 3. The van der Waals surface area contributed by atoms with Gasteiger partial charge in [-0.1, -0.05) is 12.8 Å². The van der Waals surface area contributed by atoms with E-state index in [0.29, 0.717) is 31.0 Å². The second-order valence-corrected chi connectivity index (χ2v) is 10.8. The molecule has 9 heteroatoms. The van der Waals surface area contributed by atoms with Crippen LogP contribution in [0.2, 0.25) is 0 Å². The number of methoxy groups -OCH3 is 1. The fraction of sp³-hybridized carbons (Fsp3) is 0.667. The van der Waals surface area contributed by atoms with E-state index in [9.17, 15) is 14.4 Å². The van der Waals surface area contributed by atoms with Gasteiger partial charge in [-0.3, -0.25) is 19.3 Å². The molecule has 2 amide bonds. The largest absolute Gasteiger partial charge is 0.377 e. The van der Waals surface area contributed by atoms with Crippen molar-refractivity contribution in [3.05, 3.63) is 29.8 Å². The highest BCUT2D eigenvalue weighted by Crippen LogP contribution is 2.37. The van der Waals surface area contributed by atoms with Gasteiger partial charge in [0.1, 0.15) is 30.4 Å². The Balaban J connectivity index is 1.28. The molecule has 1 N–H and O–H groups in total. The van der Waals surface area contributed by atoms with Crippen LogP contribution in [0.1, 0.15) is 49.9 Å². The molecule has 196 valence electrons. The molecule has 0 radical (unpaired) electrons. The summed E-state index contributed by atoms with van der Waals surface area (Å²) in [6, 6.07) is 7.58. The Morgan fingerprint density at radius 3 is 2.36 bits per heavy atom. The number of ether oxygens (including phenoxy) is 2. The minimum atomic E-state index is -1.00. The lowest BCUT2D eigenvalue weighted by Gasteiger charge is -2.38. The number of hydrogen-bond donors (Lipinski definition) is 1. The standard InChI is InChI=1S/C27H38N4O5/c1-18(2)29-12-14-30(15-13-29)20-8-6-19(7-9-20)25(33)28-27(10-4-5-11-27)26(34)31-16-22(35-3)24-23(31)21(32)17-36-24/h6-9,18,22-24H,4-5,10-17H2,1-3H3,(H,28,33)/t22-,23-,24-/m1/s1. The topological polar surface area (TPSA) is 91.4 Å². The average molecular weight is 499 g/mol. The number of piperazine rings is 1. The predicted molar refractivity (Wildman–Crippen MR) is 135 cm³/mol. The van der Waals surface area contributed by atoms with Crippen LogP contribution in [-0.2, 0) is 19.1 Å². The summed E-state index contributed by atoms with van der Waals surface area (Å²) < 4.78 is 11.1. The normalized spacial score (nSPS) is 28.1. The molecule has 0 unspecified atom stereocenters. The number of hydrogen-bond acceptors (Lipinski definition) is 7. The van der Waals surface area contributed by atoms with Crippen LogP contribution in [0, 0.1) is 0 Å². The summed E-state index contributed by atoms with van der Waals surface area (Å²) in [5.41, 5.74) is 0.641. The minimum absolute atomic E-state index is 0.00278. The number of Topliss-reactive ketones (excluding diaryl/α,β-unsaturated/α-hetero) is 1. The molecule has 0 spiro atoms. The number of ketones is 1. The maximum Gasteiger partial charge on any atom is 0.252 e. The fourth-order valence-corrected chi connectivity index (χ4v) is 6.28. The monoisotopic (exact) mass is 498 g/mol. The zero-order chi connectivity index (χ0) is 25.4. The molecule has 4 aliphatic rings. The number of benzene rings is 1. The van der Waals surface area contributed by atoms with Crippen molar-refractivity contribution in [2.24, 2.45) is 0 Å². The molecule has 5 rings (SSSR count). The smallest absolute Gasteiger partial charge is 0.252 e. The summed E-state index contributed by atoms with van der Waals surface area (Å²) in [4.78, 5) is 46.1. The summed E-state index contributed by atoms with van der Waals surface area (Å²) >= 11 is 0. The van der Waals surface area contributed by atoms with Crippen LogP contribution < -0.4 is 10.2 Å². The third-order valence-corrected chi connectivity index (χ3v) is 8.46. The van der Waals surface area contributed by atoms with Crippen LogP contribution in [-0.4, -0.2) is 104 Å². The number of anilines is 1. The van der Waals surface area contributed by atoms with Crippen molar-refractivity contribution in [2.45, 2.75) is 69.4 Å². The van der Waals surface area contributed by atoms with E-state index in [-0.39, 0.29) is 30.3 Å². The van der Waals surface area contributed by atoms with E-state index in [1.165, 1.54) is 0 Å². The van der Waals surface area contributed by atoms with Crippen molar-refractivity contribution in [3.8, 4) is 0 Å². The van der Waals surface area contributed by atoms with E-state index in [1.54, 1.807) is 12.0 Å². The number of nitrogens with one attached hydrogen (secondary N) is 1. The van der Waals surface area contributed by atoms with Gasteiger partial charge in [0.2, 0.25) is 5.91 Å². The van der Waals surface area contributed by atoms with Crippen molar-refractivity contribution in [3.63, 3.8) is 0 Å². The van der Waals surface area contributed by atoms with Gasteiger partial charge >= 0.3 is 0 Å². The van der Waals surface area contributed by atoms with E-state index < -0.39 is 17.7 Å². The number of nitrogens with zero attached hydrogens (tertiary/aromatic N) is 3. The molecule has 1 aromatic carbocycles. The first-order valence-electron chi connectivity index (χ1n) is 13.2. The molecule has 9 nitrogen and oxygen atoms in total. The van der Waals surface area contributed by atoms with Crippen LogP contribution in [0.4, 0.5) is 5.69 Å². The molecular formula is C27H38N4O5. The summed E-state index contributed by atoms with van der Waals surface area (Å²) in [7, 11) is 1.57. The third-order valence-electron chi connectivity index (χ3n) is 8.46. The molecule has 1 saturated carbocycles. The second-order valence-electron chi connectivity index (χ2n) is 10.8. The van der Waals surface area contributed by atoms with Crippen LogP contribution in [0.15, 0.2) is 24.3 Å². The highest BCUT2D eigenvalue weighted by Gasteiger charge is 2.56. The summed E-state index contributed by atoms with van der Waals surface area (Å²) in [5, 5.41) is 3.09. The Bertz CT molecular complexity index is 982. The molecular weight excluding hydrogens is 460 g/mol. The van der Waals surface area contributed by atoms with E-state index in [4.69, 9.17) is 9.47 Å². The minimum Gasteiger partial charge on any atom is -0.377 e. The lowest BCUT2D eigenvalue weighted by atomic mass is 9.93. The molecule has 3 heterocycles. The Morgan fingerprint density at radius 1 is 1.08 bits per heavy atom. The summed E-state index contributed by atoms with van der Waals surface area (Å²) in [6.07, 6.45) is 2.07. The summed E-state index contributed by atoms with van der Waals surface area (Å²) in [6.45, 7) is 8.73. The van der Waals surface area contributed by atoms with Crippen LogP contribution in [0.25, 0.3) is 0 Å². The van der Waals surface area contributed by atoms with Gasteiger partial charge in [-0.2, -0.15) is 0 Å². The molecule has 4 fully saturated rings. The van der Waals surface area contributed by atoms with Crippen molar-refractivity contribution in [1.29, 1.82) is 0 Å². The van der Waals surface area contributed by atoms with Crippen LogP contribution >= 0.6 is 0 Å². The van der Waals surface area contributed by atoms with Crippen molar-refractivity contribution >= 4 is 23.3 Å². The average Bonchev–Trinajstić information content (AvgIpc) is 3.61. The van der Waals surface area contributed by atoms with Gasteiger partial charge in [0.15, 0.2) is 5.78 Å². The Kier molecular flexibility index (Phi) is 7.07. The first-order valence-corrected chi connectivity index (χ1v) is 13.2. The fourth-order valence-electron chi connectivity index (χ4n) is 6.28. The first-order chi connectivity index (χ1) is 17.3. The Labute approximate surface area is 213 Å². The Morgan fingerprint density at radius 2 is 1.75 bits per heavy atom. The van der Waals surface area contributed by atoms with Gasteiger partial charge < -0.3 is 24.6 Å². The molecule has 0 bridgehead atoms. The highest BCUT2D eigenvalue weighted by molar-refractivity contribution is 6.01. The number of carbonyl (C=O) groups excluding carboxylic acids is 3. The van der Waals surface area contributed by atoms with Gasteiger partial charge in [-0.15, -0.1) is 0 Å². The summed E-state index contributed by atoms with van der Waals surface area (Å²) in [5.74, 6) is -0.548. The lowest BCUT2D eigenvalue weighted by Crippen LogP contribution is -2.60. The van der Waals surface area contributed by atoms with Gasteiger partial charge in [-0.05, 0) is 51.0 Å². The SMILES string of the molecule is CO[C@@H]1CN(C(=O)C2(NC(=O)c3ccc(N4CCN(C(C)C)CC4)cc3)CCCC2)[C@@H]2C(=O)CO[C@@H]21. The molecule has 36 heavy (non-hydrogen) atoms. The number of amides is 2. The van der Waals surface area contributed by atoms with E-state index >= 15 is 0 Å². The number of likely N-dealkylation sites (tertiary alicyclic amines) is 1. The maximum atomic E-state index is 13.9. The van der Waals surface area contributed by atoms with E-state index in [2.05, 4.69) is 29.0 Å². The number of rotatable bonds is 6. The molecule has 1 aromatic rings. The maximum absolute atomic E-state index is 13.9. The zero-order valence-electron chi connectivity index (χ0n) is 21.6. The van der Waals surface area contributed by atoms with Crippen LogP contribution in [0.3, 0.4) is 0 Å². The zero-order valence-corrected chi connectivity index (χ0v) is 21.6. The quantitative estimate of drug-likeness (QED) is 0.635. The van der Waals surface area contributed by atoms with Crippen LogP contribution in [0.5, 0.6) is 0 Å². The number of fused-ring (bicyclic) bond motifs is 1. The van der Waals surface area contributed by atoms with Gasteiger partial charge in [0.25, 0.3) is 5.91 Å². The first kappa shape index (κ1) is 25.2. The van der Waals surface area contributed by atoms with Gasteiger partial charge in [0.05, 0.1) is 6.54 Å².